The van der Waals surface area contributed by atoms with Gasteiger partial charge in [0.2, 0.25) is 5.91 Å². The van der Waals surface area contributed by atoms with Crippen LogP contribution in [0.1, 0.15) is 25.0 Å². The van der Waals surface area contributed by atoms with Crippen LogP contribution in [0.4, 0.5) is 0 Å². The number of aromatic nitrogens is 3. The van der Waals surface area contributed by atoms with Crippen LogP contribution in [-0.2, 0) is 11.8 Å². The second kappa shape index (κ2) is 5.93. The summed E-state index contributed by atoms with van der Waals surface area (Å²) in [6.45, 7) is 2.67. The van der Waals surface area contributed by atoms with E-state index in [9.17, 15) is 4.79 Å². The molecule has 0 bridgehead atoms. The van der Waals surface area contributed by atoms with E-state index in [1.807, 2.05) is 24.6 Å². The summed E-state index contributed by atoms with van der Waals surface area (Å²) in [5.41, 5.74) is 0.933. The van der Waals surface area contributed by atoms with E-state index in [0.29, 0.717) is 0 Å². The first-order valence-corrected chi connectivity index (χ1v) is 7.93. The molecule has 1 atom stereocenters. The van der Waals surface area contributed by atoms with E-state index < -0.39 is 0 Å². The average molecular weight is 306 g/mol. The molecule has 0 aromatic carbocycles. The lowest BCUT2D eigenvalue weighted by molar-refractivity contribution is -0.120. The Hall–Kier alpha value is -1.76. The number of carbonyl (C=O) groups is 1. The highest BCUT2D eigenvalue weighted by molar-refractivity contribution is 8.00. The maximum absolute atomic E-state index is 12.0. The standard InChI is InChI=1S/C14H18N4O2S/c1-9-10(6-8-20-9)12-16-17-14(18(12)2)21-11-5-3-4-7-15-13(11)19/h6,8,11H,3-5,7H2,1-2H3,(H,15,19)/t11-/m0/s1. The van der Waals surface area contributed by atoms with Crippen molar-refractivity contribution < 1.29 is 9.21 Å². The van der Waals surface area contributed by atoms with E-state index >= 15 is 0 Å². The molecule has 1 saturated heterocycles. The van der Waals surface area contributed by atoms with Crippen molar-refractivity contribution in [3.8, 4) is 11.4 Å². The Labute approximate surface area is 127 Å². The van der Waals surface area contributed by atoms with Gasteiger partial charge in [0.1, 0.15) is 5.76 Å². The van der Waals surface area contributed by atoms with E-state index in [2.05, 4.69) is 15.5 Å². The molecule has 1 N–H and O–H groups in total. The number of furan rings is 1. The van der Waals surface area contributed by atoms with Crippen molar-refractivity contribution in [1.82, 2.24) is 20.1 Å². The molecule has 0 aliphatic carbocycles. The first kappa shape index (κ1) is 14.2. The summed E-state index contributed by atoms with van der Waals surface area (Å²) in [7, 11) is 1.92. The zero-order valence-corrected chi connectivity index (χ0v) is 12.9. The number of aryl methyl sites for hydroxylation is 1. The van der Waals surface area contributed by atoms with Gasteiger partial charge >= 0.3 is 0 Å². The molecule has 1 fully saturated rings. The van der Waals surface area contributed by atoms with Crippen LogP contribution in [0, 0.1) is 6.92 Å². The predicted molar refractivity (Wildman–Crippen MR) is 79.9 cm³/mol. The Balaban J connectivity index is 1.82. The van der Waals surface area contributed by atoms with Crippen LogP contribution in [0.5, 0.6) is 0 Å². The second-order valence-electron chi connectivity index (χ2n) is 5.15. The minimum Gasteiger partial charge on any atom is -0.469 e. The molecule has 6 nitrogen and oxygen atoms in total. The smallest absolute Gasteiger partial charge is 0.233 e. The first-order chi connectivity index (χ1) is 10.2. The summed E-state index contributed by atoms with van der Waals surface area (Å²) in [6, 6.07) is 1.88. The predicted octanol–water partition coefficient (Wildman–Crippen LogP) is 2.14. The number of carbonyl (C=O) groups excluding carboxylic acids is 1. The second-order valence-corrected chi connectivity index (χ2v) is 6.32. The van der Waals surface area contributed by atoms with Crippen LogP contribution < -0.4 is 5.32 Å². The minimum absolute atomic E-state index is 0.0892. The van der Waals surface area contributed by atoms with Gasteiger partial charge in [-0.2, -0.15) is 0 Å². The van der Waals surface area contributed by atoms with Crippen LogP contribution in [0.3, 0.4) is 0 Å². The fourth-order valence-corrected chi connectivity index (χ4v) is 3.48. The first-order valence-electron chi connectivity index (χ1n) is 7.05. The van der Waals surface area contributed by atoms with Crippen molar-refractivity contribution in [2.24, 2.45) is 7.05 Å². The molecule has 1 amide bonds. The highest BCUT2D eigenvalue weighted by atomic mass is 32.2. The maximum Gasteiger partial charge on any atom is 0.233 e. The van der Waals surface area contributed by atoms with Crippen molar-refractivity contribution >= 4 is 17.7 Å². The lowest BCUT2D eigenvalue weighted by Gasteiger charge is -2.11. The zero-order chi connectivity index (χ0) is 14.8. The molecule has 0 radical (unpaired) electrons. The van der Waals surface area contributed by atoms with Crippen LogP contribution in [0.15, 0.2) is 21.9 Å². The van der Waals surface area contributed by atoms with Gasteiger partial charge in [-0.15, -0.1) is 10.2 Å². The van der Waals surface area contributed by atoms with Crippen molar-refractivity contribution in [1.29, 1.82) is 0 Å². The van der Waals surface area contributed by atoms with Crippen molar-refractivity contribution in [2.75, 3.05) is 6.54 Å². The molecule has 0 spiro atoms. The number of nitrogens with zero attached hydrogens (tertiary/aromatic N) is 3. The fraction of sp³-hybridized carbons (Fsp3) is 0.500. The summed E-state index contributed by atoms with van der Waals surface area (Å²) < 4.78 is 7.23. The SMILES string of the molecule is Cc1occc1-c1nnc(S[C@H]2CCCCNC2=O)n1C. The minimum atomic E-state index is -0.0892. The van der Waals surface area contributed by atoms with Crippen LogP contribution >= 0.6 is 11.8 Å². The fourth-order valence-electron chi connectivity index (χ4n) is 2.42. The Kier molecular flexibility index (Phi) is 4.01. The Morgan fingerprint density at radius 3 is 3.05 bits per heavy atom. The quantitative estimate of drug-likeness (QED) is 0.940. The third-order valence-electron chi connectivity index (χ3n) is 3.67. The molecule has 2 aromatic rings. The molecule has 0 saturated carbocycles. The monoisotopic (exact) mass is 306 g/mol. The van der Waals surface area contributed by atoms with Crippen LogP contribution in [-0.4, -0.2) is 32.5 Å². The Morgan fingerprint density at radius 1 is 1.43 bits per heavy atom. The summed E-state index contributed by atoms with van der Waals surface area (Å²) >= 11 is 1.48. The maximum atomic E-state index is 12.0. The van der Waals surface area contributed by atoms with E-state index in [4.69, 9.17) is 4.42 Å². The molecule has 112 valence electrons. The highest BCUT2D eigenvalue weighted by Gasteiger charge is 2.25. The molecule has 1 aliphatic rings. The molecular formula is C14H18N4O2S. The number of rotatable bonds is 3. The average Bonchev–Trinajstić information content (AvgIpc) is 2.96. The van der Waals surface area contributed by atoms with Gasteiger partial charge in [-0.05, 0) is 25.8 Å². The van der Waals surface area contributed by atoms with Gasteiger partial charge in [0.15, 0.2) is 11.0 Å². The van der Waals surface area contributed by atoms with Gasteiger partial charge in [0, 0.05) is 13.6 Å². The van der Waals surface area contributed by atoms with Crippen molar-refractivity contribution in [2.45, 2.75) is 36.6 Å². The molecule has 2 aromatic heterocycles. The molecule has 1 aliphatic heterocycles. The molecule has 21 heavy (non-hydrogen) atoms. The van der Waals surface area contributed by atoms with Crippen LogP contribution in [0.2, 0.25) is 0 Å². The van der Waals surface area contributed by atoms with Gasteiger partial charge in [0.05, 0.1) is 17.1 Å². The van der Waals surface area contributed by atoms with E-state index in [0.717, 1.165) is 48.1 Å². The summed E-state index contributed by atoms with van der Waals surface area (Å²) in [4.78, 5) is 12.0. The lowest BCUT2D eigenvalue weighted by Crippen LogP contribution is -2.30. The molecule has 0 unspecified atom stereocenters. The third kappa shape index (κ3) is 2.83. The summed E-state index contributed by atoms with van der Waals surface area (Å²) in [5.74, 6) is 1.67. The number of hydrogen-bond donors (Lipinski definition) is 1. The largest absolute Gasteiger partial charge is 0.469 e. The normalized spacial score (nSPS) is 19.3. The van der Waals surface area contributed by atoms with E-state index in [1.54, 1.807) is 6.26 Å². The summed E-state index contributed by atoms with van der Waals surface area (Å²) in [5, 5.41) is 12.1. The molecule has 3 heterocycles. The number of thioether (sulfide) groups is 1. The van der Waals surface area contributed by atoms with Crippen LogP contribution in [0.25, 0.3) is 11.4 Å². The third-order valence-corrected chi connectivity index (χ3v) is 4.97. The molecule has 3 rings (SSSR count). The van der Waals surface area contributed by atoms with Gasteiger partial charge < -0.3 is 14.3 Å². The van der Waals surface area contributed by atoms with Gasteiger partial charge in [-0.1, -0.05) is 18.2 Å². The van der Waals surface area contributed by atoms with Gasteiger partial charge in [-0.25, -0.2) is 0 Å². The van der Waals surface area contributed by atoms with Gasteiger partial charge in [-0.3, -0.25) is 4.79 Å². The Morgan fingerprint density at radius 2 is 2.29 bits per heavy atom. The van der Waals surface area contributed by atoms with E-state index in [1.165, 1.54) is 11.8 Å². The molecular weight excluding hydrogens is 288 g/mol. The van der Waals surface area contributed by atoms with E-state index in [-0.39, 0.29) is 11.2 Å². The number of nitrogens with one attached hydrogen (secondary N) is 1. The van der Waals surface area contributed by atoms with Gasteiger partial charge in [0.25, 0.3) is 0 Å². The molecule has 7 heteroatoms. The zero-order valence-electron chi connectivity index (χ0n) is 12.1. The van der Waals surface area contributed by atoms with Crippen molar-refractivity contribution in [3.63, 3.8) is 0 Å². The Bertz CT molecular complexity index is 649. The number of amides is 1. The lowest BCUT2D eigenvalue weighted by atomic mass is 10.2. The topological polar surface area (TPSA) is 73.0 Å². The summed E-state index contributed by atoms with van der Waals surface area (Å²) in [6.07, 6.45) is 4.62. The van der Waals surface area contributed by atoms with Crippen molar-refractivity contribution in [3.05, 3.63) is 18.1 Å². The number of hydrogen-bond acceptors (Lipinski definition) is 5. The highest BCUT2D eigenvalue weighted by Crippen LogP contribution is 2.30.